The molecule has 1 aliphatic heterocycles. The molecule has 0 aromatic heterocycles. The van der Waals surface area contributed by atoms with E-state index >= 15 is 4.39 Å². The summed E-state index contributed by atoms with van der Waals surface area (Å²) in [5.74, 6) is -1.56. The molecule has 1 aliphatic rings. The molecule has 1 heterocycles. The van der Waals surface area contributed by atoms with E-state index in [9.17, 15) is 13.2 Å². The van der Waals surface area contributed by atoms with Gasteiger partial charge in [0.05, 0.1) is 20.5 Å². The summed E-state index contributed by atoms with van der Waals surface area (Å²) in [4.78, 5) is 0.788. The first-order valence-electron chi connectivity index (χ1n) is 11.1. The average molecular weight is 388 g/mol. The van der Waals surface area contributed by atoms with Crippen LogP contribution in [0.2, 0.25) is 0 Å². The van der Waals surface area contributed by atoms with Crippen LogP contribution >= 0.6 is 0 Å². The molecule has 0 saturated carbocycles. The van der Waals surface area contributed by atoms with Crippen LogP contribution in [0.1, 0.15) is 34.6 Å². The number of benzene rings is 2. The van der Waals surface area contributed by atoms with Crippen molar-refractivity contribution in [1.29, 1.82) is 0 Å². The van der Waals surface area contributed by atoms with Gasteiger partial charge in [0.1, 0.15) is 11.6 Å². The van der Waals surface area contributed by atoms with Gasteiger partial charge in [-0.05, 0) is 47.4 Å². The first-order valence-corrected chi connectivity index (χ1v) is 8.07. The molecule has 1 fully saturated rings. The number of anilines is 2. The predicted octanol–water partition coefficient (Wildman–Crippen LogP) is 5.31. The van der Waals surface area contributed by atoms with Gasteiger partial charge < -0.3 is 14.5 Å². The fraction of sp³-hybridized carbons (Fsp3) is 0.400. The summed E-state index contributed by atoms with van der Waals surface area (Å²) in [7, 11) is 0. The zero-order chi connectivity index (χ0) is 25.2. The predicted molar refractivity (Wildman–Crippen MR) is 97.8 cm³/mol. The van der Waals surface area contributed by atoms with Crippen molar-refractivity contribution in [1.82, 2.24) is 0 Å². The van der Waals surface area contributed by atoms with Crippen LogP contribution in [0.4, 0.5) is 28.9 Å². The van der Waals surface area contributed by atoms with Crippen molar-refractivity contribution < 1.29 is 30.5 Å². The minimum absolute atomic E-state index is 0.266. The number of hydrogen-bond acceptors (Lipinski definition) is 3. The van der Waals surface area contributed by atoms with Crippen molar-refractivity contribution in [2.75, 3.05) is 29.4 Å². The van der Waals surface area contributed by atoms with Gasteiger partial charge in [0.25, 0.3) is 0 Å². The summed E-state index contributed by atoms with van der Waals surface area (Å²) in [6, 6.07) is 7.48. The van der Waals surface area contributed by atoms with Crippen LogP contribution in [0, 0.1) is 5.82 Å². The third kappa shape index (κ3) is 4.64. The van der Waals surface area contributed by atoms with Crippen molar-refractivity contribution in [2.45, 2.75) is 32.5 Å². The van der Waals surface area contributed by atoms with Crippen molar-refractivity contribution in [3.8, 4) is 5.75 Å². The molecular formula is C20H22F4N2O. The van der Waals surface area contributed by atoms with Crippen LogP contribution in [0.3, 0.4) is 0 Å². The van der Waals surface area contributed by atoms with Crippen LogP contribution < -0.4 is 14.5 Å². The Kier molecular flexibility index (Phi) is 3.31. The van der Waals surface area contributed by atoms with Crippen molar-refractivity contribution >= 4 is 11.4 Å². The zero-order valence-corrected chi connectivity index (χ0v) is 14.9. The Morgan fingerprint density at radius 3 is 2.15 bits per heavy atom. The van der Waals surface area contributed by atoms with E-state index in [1.807, 2.05) is 20.8 Å². The number of nitrogens with zero attached hydrogens (tertiary/aromatic N) is 2. The second-order valence-electron chi connectivity index (χ2n) is 6.95. The molecule has 0 N–H and O–H groups in total. The number of hydrogen-bond donors (Lipinski definition) is 0. The maximum absolute atomic E-state index is 15.1. The van der Waals surface area contributed by atoms with Gasteiger partial charge in [0, 0.05) is 18.7 Å². The highest BCUT2D eigenvalue weighted by Crippen LogP contribution is 2.31. The number of rotatable bonds is 3. The third-order valence-electron chi connectivity index (χ3n) is 3.86. The van der Waals surface area contributed by atoms with Crippen molar-refractivity contribution in [3.63, 3.8) is 0 Å². The molecule has 0 amide bonds. The van der Waals surface area contributed by atoms with E-state index in [1.54, 1.807) is 0 Å². The lowest BCUT2D eigenvalue weighted by Crippen LogP contribution is -2.26. The Labute approximate surface area is 164 Å². The Balaban J connectivity index is 2.09. The van der Waals surface area contributed by atoms with Crippen LogP contribution in [0.15, 0.2) is 42.5 Å². The zero-order valence-electron chi connectivity index (χ0n) is 20.9. The van der Waals surface area contributed by atoms with Crippen LogP contribution in [0.25, 0.3) is 0 Å². The van der Waals surface area contributed by atoms with E-state index < -0.39 is 48.6 Å². The van der Waals surface area contributed by atoms with Gasteiger partial charge in [-0.3, -0.25) is 0 Å². The molecular weight excluding hydrogens is 360 g/mol. The Hall–Kier alpha value is -2.44. The molecule has 1 saturated heterocycles. The normalized spacial score (nSPS) is 24.3. The summed E-state index contributed by atoms with van der Waals surface area (Å²) < 4.78 is 107. The number of ether oxygens (including phenoxy) is 1. The van der Waals surface area contributed by atoms with Gasteiger partial charge in [-0.25, -0.2) is 4.39 Å². The molecule has 2 aromatic rings. The van der Waals surface area contributed by atoms with Gasteiger partial charge in [-0.1, -0.05) is 26.8 Å². The lowest BCUT2D eigenvalue weighted by molar-refractivity contribution is -0.274. The SMILES string of the molecule is [2H]C1([2H])N(c2ccc(OC(F)(F)F)cc2)C([2H])([2H])C([2H])([2H])N1c1ccc(C(C)(C)C)cc1F. The standard InChI is InChI=1S/C20H22F4N2O/c1-19(2,3)14-4-9-18(17(21)12-14)26-11-10-25(13-26)15-5-7-16(8-6-15)27-20(22,23)24/h4-9,12H,10-11,13H2,1-3H3/i10D2,11D2,13D2. The quantitative estimate of drug-likeness (QED) is 0.663. The van der Waals surface area contributed by atoms with E-state index in [4.69, 9.17) is 8.22 Å². The van der Waals surface area contributed by atoms with Crippen molar-refractivity contribution in [2.24, 2.45) is 0 Å². The Bertz CT molecular complexity index is 1040. The molecule has 0 spiro atoms. The lowest BCUT2D eigenvalue weighted by atomic mass is 9.87. The van der Waals surface area contributed by atoms with Crippen LogP contribution in [-0.4, -0.2) is 26.0 Å². The third-order valence-corrected chi connectivity index (χ3v) is 3.86. The monoisotopic (exact) mass is 388 g/mol. The molecule has 146 valence electrons. The molecule has 3 nitrogen and oxygen atoms in total. The summed E-state index contributed by atoms with van der Waals surface area (Å²) in [6.07, 6.45) is -4.95. The highest BCUT2D eigenvalue weighted by Gasteiger charge is 2.31. The Morgan fingerprint density at radius 1 is 0.963 bits per heavy atom. The van der Waals surface area contributed by atoms with Crippen LogP contribution in [0.5, 0.6) is 5.75 Å². The van der Waals surface area contributed by atoms with E-state index in [0.29, 0.717) is 15.4 Å². The maximum Gasteiger partial charge on any atom is 0.573 e. The molecule has 0 aliphatic carbocycles. The largest absolute Gasteiger partial charge is 0.573 e. The summed E-state index contributed by atoms with van der Waals surface area (Å²) in [5, 5.41) is 0. The molecule has 7 heteroatoms. The molecule has 0 radical (unpaired) electrons. The lowest BCUT2D eigenvalue weighted by Gasteiger charge is -2.24. The number of alkyl halides is 3. The van der Waals surface area contributed by atoms with E-state index in [2.05, 4.69) is 4.74 Å². The summed E-state index contributed by atoms with van der Waals surface area (Å²) >= 11 is 0. The average Bonchev–Trinajstić information content (AvgIpc) is 2.72. The van der Waals surface area contributed by atoms with E-state index in [0.717, 1.165) is 30.3 Å². The summed E-state index contributed by atoms with van der Waals surface area (Å²) in [6.45, 7) is -3.55. The molecule has 2 aromatic carbocycles. The fourth-order valence-corrected chi connectivity index (χ4v) is 2.44. The van der Waals surface area contributed by atoms with Gasteiger partial charge >= 0.3 is 6.36 Å². The number of halogens is 4. The smallest absolute Gasteiger partial charge is 0.406 e. The first-order chi connectivity index (χ1) is 14.8. The second kappa shape index (κ2) is 6.94. The fourth-order valence-electron chi connectivity index (χ4n) is 2.44. The summed E-state index contributed by atoms with van der Waals surface area (Å²) in [5.41, 5.74) is -0.633. The topological polar surface area (TPSA) is 15.7 Å². The van der Waals surface area contributed by atoms with Gasteiger partial charge in [-0.2, -0.15) is 0 Å². The van der Waals surface area contributed by atoms with E-state index in [1.165, 1.54) is 12.1 Å². The van der Waals surface area contributed by atoms with E-state index in [-0.39, 0.29) is 5.69 Å². The highest BCUT2D eigenvalue weighted by atomic mass is 19.4. The van der Waals surface area contributed by atoms with Gasteiger partial charge in [0.2, 0.25) is 0 Å². The molecule has 3 rings (SSSR count). The highest BCUT2D eigenvalue weighted by molar-refractivity contribution is 5.57. The molecule has 0 unspecified atom stereocenters. The van der Waals surface area contributed by atoms with Gasteiger partial charge in [-0.15, -0.1) is 13.2 Å². The van der Waals surface area contributed by atoms with Crippen LogP contribution in [-0.2, 0) is 5.41 Å². The second-order valence-corrected chi connectivity index (χ2v) is 6.95. The minimum Gasteiger partial charge on any atom is -0.406 e. The maximum atomic E-state index is 15.1. The molecule has 0 bridgehead atoms. The van der Waals surface area contributed by atoms with Gasteiger partial charge in [0.15, 0.2) is 0 Å². The molecule has 0 atom stereocenters. The first kappa shape index (κ1) is 12.9. The Morgan fingerprint density at radius 2 is 1.59 bits per heavy atom. The van der Waals surface area contributed by atoms with Crippen molar-refractivity contribution in [3.05, 3.63) is 53.8 Å². The minimum atomic E-state index is -4.95. The molecule has 27 heavy (non-hydrogen) atoms.